The van der Waals surface area contributed by atoms with Crippen molar-refractivity contribution < 1.29 is 4.79 Å². The Morgan fingerprint density at radius 2 is 2.05 bits per heavy atom. The fourth-order valence-corrected chi connectivity index (χ4v) is 2.17. The first kappa shape index (κ1) is 16.5. The molecule has 1 aromatic carbocycles. The van der Waals surface area contributed by atoms with Crippen molar-refractivity contribution in [1.82, 2.24) is 21.2 Å². The highest BCUT2D eigenvalue weighted by atomic mass is 35.5. The van der Waals surface area contributed by atoms with Crippen molar-refractivity contribution in [2.45, 2.75) is 6.54 Å². The number of rotatable bonds is 3. The molecule has 22 heavy (non-hydrogen) atoms. The van der Waals surface area contributed by atoms with Gasteiger partial charge in [0.05, 0.1) is 5.56 Å². The summed E-state index contributed by atoms with van der Waals surface area (Å²) < 4.78 is 0. The molecule has 0 atom stereocenters. The Balaban J connectivity index is 1.80. The number of benzene rings is 1. The van der Waals surface area contributed by atoms with Crippen LogP contribution < -0.4 is 16.2 Å². The molecule has 8 heteroatoms. The molecule has 2 aromatic rings. The standard InChI is InChI=1S/C14H12Cl2N4OS/c15-11-4-3-9(12(16)6-11)8-18-14(22)20-19-13(21)10-2-1-5-17-7-10/h1-7H,8H2,(H,19,21)(H2,18,20,22). The van der Waals surface area contributed by atoms with E-state index in [2.05, 4.69) is 21.2 Å². The van der Waals surface area contributed by atoms with Gasteiger partial charge in [0.2, 0.25) is 0 Å². The number of halogens is 2. The fourth-order valence-electron chi connectivity index (χ4n) is 1.57. The Hall–Kier alpha value is -1.89. The van der Waals surface area contributed by atoms with E-state index in [-0.39, 0.29) is 11.0 Å². The lowest BCUT2D eigenvalue weighted by Gasteiger charge is -2.12. The summed E-state index contributed by atoms with van der Waals surface area (Å²) in [6, 6.07) is 8.52. The first-order valence-corrected chi connectivity index (χ1v) is 7.41. The molecule has 0 aliphatic carbocycles. The maximum Gasteiger partial charge on any atom is 0.271 e. The van der Waals surface area contributed by atoms with E-state index in [0.29, 0.717) is 22.2 Å². The van der Waals surface area contributed by atoms with Gasteiger partial charge < -0.3 is 5.32 Å². The molecule has 114 valence electrons. The molecular weight excluding hydrogens is 343 g/mol. The highest BCUT2D eigenvalue weighted by molar-refractivity contribution is 7.80. The van der Waals surface area contributed by atoms with Crippen LogP contribution in [0.15, 0.2) is 42.7 Å². The van der Waals surface area contributed by atoms with Crippen LogP contribution in [0.25, 0.3) is 0 Å². The van der Waals surface area contributed by atoms with Gasteiger partial charge in [0.15, 0.2) is 5.11 Å². The molecule has 0 saturated heterocycles. The Kier molecular flexibility index (Phi) is 5.94. The van der Waals surface area contributed by atoms with Crippen molar-refractivity contribution in [3.8, 4) is 0 Å². The van der Waals surface area contributed by atoms with Gasteiger partial charge in [0.1, 0.15) is 0 Å². The van der Waals surface area contributed by atoms with Crippen LogP contribution in [0.5, 0.6) is 0 Å². The second-order valence-corrected chi connectivity index (χ2v) is 5.49. The second-order valence-electron chi connectivity index (χ2n) is 4.24. The van der Waals surface area contributed by atoms with Crippen molar-refractivity contribution >= 4 is 46.4 Å². The van der Waals surface area contributed by atoms with E-state index in [1.165, 1.54) is 6.20 Å². The molecule has 0 radical (unpaired) electrons. The number of hydrogen-bond donors (Lipinski definition) is 3. The molecule has 0 spiro atoms. The lowest BCUT2D eigenvalue weighted by molar-refractivity contribution is 0.0943. The van der Waals surface area contributed by atoms with E-state index >= 15 is 0 Å². The number of hydrogen-bond acceptors (Lipinski definition) is 3. The number of hydrazine groups is 1. The number of amides is 1. The predicted octanol–water partition coefficient (Wildman–Crippen LogP) is 2.70. The lowest BCUT2D eigenvalue weighted by atomic mass is 10.2. The predicted molar refractivity (Wildman–Crippen MR) is 90.7 cm³/mol. The molecule has 0 saturated carbocycles. The van der Waals surface area contributed by atoms with Crippen LogP contribution in [-0.2, 0) is 6.54 Å². The number of carbonyl (C=O) groups excluding carboxylic acids is 1. The molecule has 3 N–H and O–H groups in total. The Labute approximate surface area is 143 Å². The minimum atomic E-state index is -0.332. The minimum absolute atomic E-state index is 0.267. The zero-order valence-corrected chi connectivity index (χ0v) is 13.6. The Bertz CT molecular complexity index is 682. The van der Waals surface area contributed by atoms with E-state index in [1.54, 1.807) is 36.5 Å². The third kappa shape index (κ3) is 4.84. The molecule has 0 aliphatic rings. The van der Waals surface area contributed by atoms with E-state index < -0.39 is 0 Å². The SMILES string of the molecule is O=C(NNC(=S)NCc1ccc(Cl)cc1Cl)c1cccnc1. The van der Waals surface area contributed by atoms with Crippen molar-refractivity contribution in [3.05, 3.63) is 63.9 Å². The number of aromatic nitrogens is 1. The summed E-state index contributed by atoms with van der Waals surface area (Å²) in [5.74, 6) is -0.332. The van der Waals surface area contributed by atoms with Gasteiger partial charge in [-0.15, -0.1) is 0 Å². The van der Waals surface area contributed by atoms with Crippen LogP contribution in [0, 0.1) is 0 Å². The number of pyridine rings is 1. The Morgan fingerprint density at radius 3 is 2.73 bits per heavy atom. The van der Waals surface area contributed by atoms with Crippen molar-refractivity contribution in [2.24, 2.45) is 0 Å². The van der Waals surface area contributed by atoms with E-state index in [9.17, 15) is 4.79 Å². The van der Waals surface area contributed by atoms with Gasteiger partial charge in [0.25, 0.3) is 5.91 Å². The zero-order valence-electron chi connectivity index (χ0n) is 11.3. The van der Waals surface area contributed by atoms with Gasteiger partial charge in [-0.2, -0.15) is 0 Å². The van der Waals surface area contributed by atoms with Gasteiger partial charge >= 0.3 is 0 Å². The fraction of sp³-hybridized carbons (Fsp3) is 0.0714. The molecule has 0 unspecified atom stereocenters. The number of thiocarbonyl (C=S) groups is 1. The maximum absolute atomic E-state index is 11.8. The summed E-state index contributed by atoms with van der Waals surface area (Å²) in [5, 5.41) is 4.31. The van der Waals surface area contributed by atoms with Crippen molar-refractivity contribution in [2.75, 3.05) is 0 Å². The molecular formula is C14H12Cl2N4OS. The average Bonchev–Trinajstić information content (AvgIpc) is 2.52. The first-order valence-electron chi connectivity index (χ1n) is 6.24. The zero-order chi connectivity index (χ0) is 15.9. The van der Waals surface area contributed by atoms with Crippen LogP contribution in [0.3, 0.4) is 0 Å². The molecule has 1 heterocycles. The normalized spacial score (nSPS) is 9.91. The molecule has 0 bridgehead atoms. The third-order valence-corrected chi connectivity index (χ3v) is 3.50. The summed E-state index contributed by atoms with van der Waals surface area (Å²) >= 11 is 17.0. The molecule has 5 nitrogen and oxygen atoms in total. The van der Waals surface area contributed by atoms with E-state index in [0.717, 1.165) is 5.56 Å². The van der Waals surface area contributed by atoms with Crippen molar-refractivity contribution in [1.29, 1.82) is 0 Å². The molecule has 1 aromatic heterocycles. The van der Waals surface area contributed by atoms with E-state index in [4.69, 9.17) is 35.4 Å². The number of carbonyl (C=O) groups is 1. The summed E-state index contributed by atoms with van der Waals surface area (Å²) in [5.41, 5.74) is 6.35. The highest BCUT2D eigenvalue weighted by Crippen LogP contribution is 2.20. The maximum atomic E-state index is 11.8. The van der Waals surface area contributed by atoms with Crippen LogP contribution in [-0.4, -0.2) is 16.0 Å². The third-order valence-electron chi connectivity index (χ3n) is 2.67. The summed E-state index contributed by atoms with van der Waals surface area (Å²) in [6.07, 6.45) is 3.05. The van der Waals surface area contributed by atoms with Crippen LogP contribution >= 0.6 is 35.4 Å². The summed E-state index contributed by atoms with van der Waals surface area (Å²) in [6.45, 7) is 0.407. The van der Waals surface area contributed by atoms with Gasteiger partial charge in [-0.3, -0.25) is 20.6 Å². The molecule has 0 aliphatic heterocycles. The smallest absolute Gasteiger partial charge is 0.271 e. The minimum Gasteiger partial charge on any atom is -0.357 e. The lowest BCUT2D eigenvalue weighted by Crippen LogP contribution is -2.46. The van der Waals surface area contributed by atoms with Gasteiger partial charge in [-0.1, -0.05) is 29.3 Å². The number of nitrogens with zero attached hydrogens (tertiary/aromatic N) is 1. The van der Waals surface area contributed by atoms with Crippen LogP contribution in [0.4, 0.5) is 0 Å². The molecule has 0 fully saturated rings. The quantitative estimate of drug-likeness (QED) is 0.584. The van der Waals surface area contributed by atoms with E-state index in [1.807, 2.05) is 0 Å². The van der Waals surface area contributed by atoms with Crippen molar-refractivity contribution in [3.63, 3.8) is 0 Å². The van der Waals surface area contributed by atoms with Gasteiger partial charge in [-0.05, 0) is 42.0 Å². The highest BCUT2D eigenvalue weighted by Gasteiger charge is 2.06. The second kappa shape index (κ2) is 7.93. The number of nitrogens with one attached hydrogen (secondary N) is 3. The summed E-state index contributed by atoms with van der Waals surface area (Å²) in [7, 11) is 0. The topological polar surface area (TPSA) is 66.1 Å². The van der Waals surface area contributed by atoms with Crippen LogP contribution in [0.2, 0.25) is 10.0 Å². The molecule has 1 amide bonds. The van der Waals surface area contributed by atoms with Crippen LogP contribution in [0.1, 0.15) is 15.9 Å². The van der Waals surface area contributed by atoms with Gasteiger partial charge in [-0.25, -0.2) is 0 Å². The Morgan fingerprint density at radius 1 is 1.23 bits per heavy atom. The molecule has 2 rings (SSSR count). The average molecular weight is 355 g/mol. The summed E-state index contributed by atoms with van der Waals surface area (Å²) in [4.78, 5) is 15.6. The van der Waals surface area contributed by atoms with Gasteiger partial charge in [0, 0.05) is 29.0 Å². The largest absolute Gasteiger partial charge is 0.357 e. The monoisotopic (exact) mass is 354 g/mol. The first-order chi connectivity index (χ1) is 10.6.